The summed E-state index contributed by atoms with van der Waals surface area (Å²) in [6.07, 6.45) is 8.93. The van der Waals surface area contributed by atoms with Gasteiger partial charge >= 0.3 is 0 Å². The summed E-state index contributed by atoms with van der Waals surface area (Å²) >= 11 is 1.75. The topological polar surface area (TPSA) is 77.2 Å². The van der Waals surface area contributed by atoms with Crippen LogP contribution in [0.2, 0.25) is 0 Å². The summed E-state index contributed by atoms with van der Waals surface area (Å²) in [5.74, 6) is 1.67. The van der Waals surface area contributed by atoms with Gasteiger partial charge in [0, 0.05) is 41.0 Å². The van der Waals surface area contributed by atoms with Crippen LogP contribution in [0, 0.1) is 0 Å². The van der Waals surface area contributed by atoms with Gasteiger partial charge in [-0.1, -0.05) is 145 Å². The summed E-state index contributed by atoms with van der Waals surface area (Å²) in [5, 5.41) is 12.7. The van der Waals surface area contributed by atoms with Crippen molar-refractivity contribution in [1.82, 2.24) is 34.3 Å². The fourth-order valence-corrected chi connectivity index (χ4v) is 8.58. The minimum atomic E-state index is -0.590. The number of aryl methyl sites for hydroxylation is 2. The van der Waals surface area contributed by atoms with Crippen molar-refractivity contribution in [3.8, 4) is 11.5 Å². The first kappa shape index (κ1) is 33.6. The van der Waals surface area contributed by atoms with E-state index in [1.165, 1.54) is 33.2 Å². The third-order valence-corrected chi connectivity index (χ3v) is 11.2. The van der Waals surface area contributed by atoms with Crippen molar-refractivity contribution in [2.75, 3.05) is 5.75 Å². The third-order valence-electron chi connectivity index (χ3n) is 10.2. The van der Waals surface area contributed by atoms with Gasteiger partial charge in [-0.3, -0.25) is 0 Å². The minimum Gasteiger partial charge on any atom is -0.361 e. The highest BCUT2D eigenvalue weighted by Crippen LogP contribution is 2.41. The number of thioether (sulfide) groups is 1. The maximum atomic E-state index is 5.02. The van der Waals surface area contributed by atoms with Crippen molar-refractivity contribution in [1.29, 1.82) is 0 Å². The lowest BCUT2D eigenvalue weighted by atomic mass is 9.77. The molecule has 4 aromatic heterocycles. The summed E-state index contributed by atoms with van der Waals surface area (Å²) in [6.45, 7) is 0.736. The van der Waals surface area contributed by atoms with E-state index in [2.05, 4.69) is 160 Å². The molecule has 0 bridgehead atoms. The van der Waals surface area contributed by atoms with Crippen LogP contribution < -0.4 is 0 Å². The number of rotatable bonds is 13. The van der Waals surface area contributed by atoms with Crippen molar-refractivity contribution in [2.24, 2.45) is 0 Å². The van der Waals surface area contributed by atoms with Gasteiger partial charge in [0.25, 0.3) is 0 Å². The van der Waals surface area contributed by atoms with Gasteiger partial charge in [-0.15, -0.1) is 10.2 Å². The van der Waals surface area contributed by atoms with Crippen LogP contribution in [0.4, 0.5) is 0 Å². The molecule has 1 N–H and O–H groups in total. The van der Waals surface area contributed by atoms with E-state index in [-0.39, 0.29) is 0 Å². The molecule has 0 aliphatic heterocycles. The Morgan fingerprint density at radius 3 is 2.06 bits per heavy atom. The molecule has 0 radical (unpaired) electrons. The number of hydrogen-bond donors (Lipinski definition) is 1. The number of hydrogen-bond acceptors (Lipinski definition) is 5. The van der Waals surface area contributed by atoms with Crippen molar-refractivity contribution in [3.05, 3.63) is 198 Å². The third kappa shape index (κ3) is 6.39. The second-order valence-electron chi connectivity index (χ2n) is 13.5. The normalized spacial score (nSPS) is 11.8. The fourth-order valence-electron chi connectivity index (χ4n) is 7.65. The zero-order valence-electron chi connectivity index (χ0n) is 29.8. The van der Waals surface area contributed by atoms with Gasteiger partial charge in [-0.05, 0) is 59.7 Å². The fraction of sp³-hybridized carbons (Fsp3) is 0.130. The van der Waals surface area contributed by atoms with Gasteiger partial charge < -0.3 is 14.1 Å². The van der Waals surface area contributed by atoms with E-state index < -0.39 is 5.54 Å². The predicted octanol–water partition coefficient (Wildman–Crippen LogP) is 9.98. The lowest BCUT2D eigenvalue weighted by Gasteiger charge is -2.37. The average molecular weight is 722 g/mol. The molecule has 0 aliphatic rings. The van der Waals surface area contributed by atoms with Crippen molar-refractivity contribution < 1.29 is 0 Å². The first-order valence-electron chi connectivity index (χ1n) is 18.4. The number of nitrogens with zero attached hydrogens (tertiary/aromatic N) is 6. The number of pyridine rings is 1. The van der Waals surface area contributed by atoms with Crippen molar-refractivity contribution in [3.63, 3.8) is 0 Å². The molecule has 9 rings (SSSR count). The molecule has 4 heterocycles. The Kier molecular flexibility index (Phi) is 9.33. The number of para-hydroxylation sites is 2. The lowest BCUT2D eigenvalue weighted by molar-refractivity contribution is 0.513. The Morgan fingerprint density at radius 2 is 1.31 bits per heavy atom. The smallest absolute Gasteiger partial charge is 0.191 e. The predicted molar refractivity (Wildman–Crippen MR) is 219 cm³/mol. The van der Waals surface area contributed by atoms with Crippen LogP contribution in [0.25, 0.3) is 33.3 Å². The highest BCUT2D eigenvalue weighted by atomic mass is 32.2. The van der Waals surface area contributed by atoms with Crippen LogP contribution in [0.15, 0.2) is 176 Å². The van der Waals surface area contributed by atoms with E-state index in [1.54, 1.807) is 11.8 Å². The molecule has 9 aromatic rings. The largest absolute Gasteiger partial charge is 0.361 e. The van der Waals surface area contributed by atoms with E-state index in [9.17, 15) is 0 Å². The molecule has 0 amide bonds. The number of aromatic nitrogens is 7. The van der Waals surface area contributed by atoms with Gasteiger partial charge in [0.05, 0.1) is 17.5 Å². The summed E-state index contributed by atoms with van der Waals surface area (Å²) in [7, 11) is 0. The second-order valence-corrected chi connectivity index (χ2v) is 14.6. The van der Waals surface area contributed by atoms with Gasteiger partial charge in [0.1, 0.15) is 11.2 Å². The summed E-state index contributed by atoms with van der Waals surface area (Å²) in [6, 6.07) is 53.1. The molecule has 0 aliphatic carbocycles. The summed E-state index contributed by atoms with van der Waals surface area (Å²) < 4.78 is 4.54. The molecule has 8 heteroatoms. The maximum absolute atomic E-state index is 5.02. The first-order chi connectivity index (χ1) is 26.8. The van der Waals surface area contributed by atoms with Crippen LogP contribution in [0.5, 0.6) is 0 Å². The molecular formula is C46H39N7S. The van der Waals surface area contributed by atoms with E-state index in [1.807, 2.05) is 24.5 Å². The maximum Gasteiger partial charge on any atom is 0.191 e. The van der Waals surface area contributed by atoms with Gasteiger partial charge in [-0.2, -0.15) is 0 Å². The second kappa shape index (κ2) is 15.0. The van der Waals surface area contributed by atoms with Gasteiger partial charge in [0.15, 0.2) is 11.0 Å². The zero-order valence-corrected chi connectivity index (χ0v) is 30.6. The Morgan fingerprint density at radius 1 is 0.648 bits per heavy atom. The van der Waals surface area contributed by atoms with Crippen LogP contribution in [0.3, 0.4) is 0 Å². The Labute approximate surface area is 318 Å². The number of benzene rings is 5. The molecule has 5 aromatic carbocycles. The van der Waals surface area contributed by atoms with Crippen LogP contribution in [0.1, 0.15) is 34.4 Å². The first-order valence-corrected chi connectivity index (χ1v) is 19.4. The average Bonchev–Trinajstić information content (AvgIpc) is 3.99. The van der Waals surface area contributed by atoms with Gasteiger partial charge in [0.2, 0.25) is 0 Å². The molecular weight excluding hydrogens is 683 g/mol. The SMILES string of the molecule is c1ccc(C(c2ccccc2)(c2ccccc2)n2cnc(CCCn3c(SCCc4c[nH]c5ccccc45)nnc3-c3ccc4ccccc4n3)c2)cc1. The molecule has 0 saturated carbocycles. The molecule has 0 atom stereocenters. The highest BCUT2D eigenvalue weighted by Gasteiger charge is 2.38. The number of aromatic amines is 1. The minimum absolute atomic E-state index is 0.590. The van der Waals surface area contributed by atoms with Crippen LogP contribution in [-0.4, -0.2) is 40.0 Å². The molecule has 0 fully saturated rings. The molecule has 7 nitrogen and oxygen atoms in total. The Hall–Kier alpha value is -6.25. The number of imidazole rings is 1. The molecule has 54 heavy (non-hydrogen) atoms. The molecule has 264 valence electrons. The quantitative estimate of drug-likeness (QED) is 0.0948. The molecule has 0 saturated heterocycles. The zero-order chi connectivity index (χ0) is 36.2. The number of H-pyrrole nitrogens is 1. The van der Waals surface area contributed by atoms with E-state index >= 15 is 0 Å². The standard InChI is InChI=1S/C46H39N7S/c1-4-16-36(17-5-1)46(37-18-6-2-7-19-37,38-20-8-3-9-21-38)52-32-39(48-33-52)22-14-29-53-44(43-27-26-34-15-10-12-24-41(34)49-43)50-51-45(53)54-30-28-35-31-47-42-25-13-11-23-40(35)42/h1-13,15-21,23-27,31-33,47H,14,22,28-30H2. The van der Waals surface area contributed by atoms with Crippen LogP contribution >= 0.6 is 11.8 Å². The van der Waals surface area contributed by atoms with Crippen molar-refractivity contribution in [2.45, 2.75) is 36.5 Å². The highest BCUT2D eigenvalue weighted by molar-refractivity contribution is 7.99. The summed E-state index contributed by atoms with van der Waals surface area (Å²) in [5.41, 5.74) is 8.24. The monoisotopic (exact) mass is 721 g/mol. The number of nitrogens with one attached hydrogen (secondary N) is 1. The lowest BCUT2D eigenvalue weighted by Crippen LogP contribution is -2.36. The van der Waals surface area contributed by atoms with E-state index in [0.29, 0.717) is 0 Å². The van der Waals surface area contributed by atoms with Gasteiger partial charge in [-0.25, -0.2) is 9.97 Å². The van der Waals surface area contributed by atoms with Crippen LogP contribution in [-0.2, 0) is 24.9 Å². The number of fused-ring (bicyclic) bond motifs is 2. The Balaban J connectivity index is 1.01. The van der Waals surface area contributed by atoms with E-state index in [0.717, 1.165) is 64.8 Å². The molecule has 0 unspecified atom stereocenters. The summed E-state index contributed by atoms with van der Waals surface area (Å²) in [4.78, 5) is 13.4. The molecule has 0 spiro atoms. The Bertz CT molecular complexity index is 2530. The van der Waals surface area contributed by atoms with E-state index in [4.69, 9.17) is 20.2 Å². The van der Waals surface area contributed by atoms with Crippen molar-refractivity contribution >= 4 is 33.6 Å².